The van der Waals surface area contributed by atoms with Crippen LogP contribution in [-0.2, 0) is 11.2 Å². The molecular weight excluding hydrogens is 277 g/mol. The zero-order valence-electron chi connectivity index (χ0n) is 9.53. The van der Waals surface area contributed by atoms with Gasteiger partial charge in [0, 0.05) is 9.89 Å². The van der Waals surface area contributed by atoms with Crippen molar-refractivity contribution in [3.05, 3.63) is 34.3 Å². The molecule has 0 aromatic heterocycles. The van der Waals surface area contributed by atoms with E-state index in [-0.39, 0.29) is 11.5 Å². The minimum atomic E-state index is -0.133. The summed E-state index contributed by atoms with van der Waals surface area (Å²) in [6.45, 7) is 0.741. The molecule has 4 heteroatoms. The number of hydrogen-bond donors (Lipinski definition) is 0. The van der Waals surface area contributed by atoms with E-state index in [1.165, 1.54) is 0 Å². The molecule has 1 aromatic carbocycles. The van der Waals surface area contributed by atoms with Crippen molar-refractivity contribution in [1.82, 2.24) is 4.81 Å². The molecule has 0 N–H and O–H groups in total. The van der Waals surface area contributed by atoms with Crippen molar-refractivity contribution in [2.24, 2.45) is 5.41 Å². The summed E-state index contributed by atoms with van der Waals surface area (Å²) >= 11 is 3.45. The van der Waals surface area contributed by atoms with Crippen LogP contribution < -0.4 is 0 Å². The average molecular weight is 290 g/mol. The second-order valence-corrected chi connectivity index (χ2v) is 6.08. The molecule has 1 saturated carbocycles. The number of carbonyl (C=O) groups is 1. The molecule has 1 saturated heterocycles. The third-order valence-corrected chi connectivity index (χ3v) is 4.38. The molecule has 2 radical (unpaired) electrons. The van der Waals surface area contributed by atoms with Gasteiger partial charge in [-0.25, -0.2) is 0 Å². The maximum absolute atomic E-state index is 12.3. The van der Waals surface area contributed by atoms with Gasteiger partial charge in [0.25, 0.3) is 0 Å². The highest BCUT2D eigenvalue weighted by Crippen LogP contribution is 2.52. The van der Waals surface area contributed by atoms with E-state index in [0.717, 1.165) is 35.8 Å². The smallest absolute Gasteiger partial charge is 0.183 e. The Balaban J connectivity index is 1.79. The molecule has 2 fully saturated rings. The Morgan fingerprint density at radius 1 is 1.47 bits per heavy atom. The third kappa shape index (κ3) is 1.98. The van der Waals surface area contributed by atoms with Crippen LogP contribution in [0.4, 0.5) is 0 Å². The molecule has 2 nitrogen and oxygen atoms in total. The van der Waals surface area contributed by atoms with Crippen molar-refractivity contribution < 1.29 is 4.79 Å². The van der Waals surface area contributed by atoms with Gasteiger partial charge in [-0.1, -0.05) is 28.1 Å². The molecule has 17 heavy (non-hydrogen) atoms. The van der Waals surface area contributed by atoms with Crippen LogP contribution in [0.3, 0.4) is 0 Å². The molecule has 2 aliphatic rings. The van der Waals surface area contributed by atoms with E-state index >= 15 is 0 Å². The predicted octanol–water partition coefficient (Wildman–Crippen LogP) is 2.11. The summed E-state index contributed by atoms with van der Waals surface area (Å²) in [6.07, 6.45) is 2.76. The van der Waals surface area contributed by atoms with Gasteiger partial charge in [0.1, 0.15) is 0 Å². The number of rotatable bonds is 2. The summed E-state index contributed by atoms with van der Waals surface area (Å²) in [5, 5.41) is 0. The molecule has 0 bridgehead atoms. The Kier molecular flexibility index (Phi) is 2.67. The van der Waals surface area contributed by atoms with Crippen molar-refractivity contribution >= 4 is 29.7 Å². The van der Waals surface area contributed by atoms with E-state index in [2.05, 4.69) is 22.0 Å². The molecule has 0 amide bonds. The Morgan fingerprint density at radius 2 is 2.24 bits per heavy atom. The lowest BCUT2D eigenvalue weighted by Gasteiger charge is -2.18. The summed E-state index contributed by atoms with van der Waals surface area (Å²) in [5.41, 5.74) is 1.08. The van der Waals surface area contributed by atoms with Gasteiger partial charge in [-0.3, -0.25) is 4.79 Å². The van der Waals surface area contributed by atoms with Gasteiger partial charge in [0.05, 0.1) is 6.04 Å². The van der Waals surface area contributed by atoms with Crippen molar-refractivity contribution in [2.45, 2.75) is 25.3 Å². The van der Waals surface area contributed by atoms with Gasteiger partial charge in [-0.15, -0.1) is 0 Å². The summed E-state index contributed by atoms with van der Waals surface area (Å²) in [4.78, 5) is 14.0. The number of carbonyl (C=O) groups excluding carboxylic acids is 1. The van der Waals surface area contributed by atoms with E-state index in [9.17, 15) is 4.79 Å². The number of nitrogens with zero attached hydrogens (tertiary/aromatic N) is 1. The molecule has 1 heterocycles. The molecule has 1 spiro atoms. The quantitative estimate of drug-likeness (QED) is 0.777. The van der Waals surface area contributed by atoms with Crippen LogP contribution >= 0.6 is 15.9 Å². The lowest BCUT2D eigenvalue weighted by atomic mass is 9.96. The lowest BCUT2D eigenvalue weighted by Crippen LogP contribution is -2.33. The SMILES string of the molecule is [B]N1CC2(CC2)C(=O)C1Cc1cccc(Br)c1. The molecule has 1 aromatic rings. The summed E-state index contributed by atoms with van der Waals surface area (Å²) in [6, 6.07) is 7.95. The Morgan fingerprint density at radius 3 is 2.82 bits per heavy atom. The van der Waals surface area contributed by atoms with Crippen LogP contribution in [0, 0.1) is 5.41 Å². The van der Waals surface area contributed by atoms with Crippen molar-refractivity contribution in [1.29, 1.82) is 0 Å². The molecule has 1 unspecified atom stereocenters. The van der Waals surface area contributed by atoms with Gasteiger partial charge >= 0.3 is 0 Å². The molecule has 1 atom stereocenters. The first-order valence-corrected chi connectivity index (χ1v) is 6.70. The first-order chi connectivity index (χ1) is 8.11. The van der Waals surface area contributed by atoms with Gasteiger partial charge in [0.15, 0.2) is 13.8 Å². The molecule has 3 rings (SSSR count). The lowest BCUT2D eigenvalue weighted by molar-refractivity contribution is -0.123. The molecule has 1 aliphatic heterocycles. The van der Waals surface area contributed by atoms with Crippen LogP contribution in [0.15, 0.2) is 28.7 Å². The highest BCUT2D eigenvalue weighted by atomic mass is 79.9. The standard InChI is InChI=1S/C13H13BBrNO/c14-16-8-13(4-5-13)12(17)11(16)7-9-2-1-3-10(15)6-9/h1-3,6,11H,4-5,7-8H2. The minimum absolute atomic E-state index is 0.0779. The van der Waals surface area contributed by atoms with E-state index in [1.807, 2.05) is 18.2 Å². The predicted molar refractivity (Wildman–Crippen MR) is 70.8 cm³/mol. The first-order valence-electron chi connectivity index (χ1n) is 5.91. The second kappa shape index (κ2) is 3.96. The van der Waals surface area contributed by atoms with Crippen molar-refractivity contribution in [2.75, 3.05) is 6.54 Å². The monoisotopic (exact) mass is 289 g/mol. The Hall–Kier alpha value is -0.605. The van der Waals surface area contributed by atoms with Gasteiger partial charge in [0.2, 0.25) is 0 Å². The van der Waals surface area contributed by atoms with Crippen molar-refractivity contribution in [3.63, 3.8) is 0 Å². The van der Waals surface area contributed by atoms with Crippen LogP contribution in [0.2, 0.25) is 0 Å². The second-order valence-electron chi connectivity index (χ2n) is 5.17. The topological polar surface area (TPSA) is 20.3 Å². The van der Waals surface area contributed by atoms with Gasteiger partial charge in [-0.05, 0) is 43.5 Å². The van der Waals surface area contributed by atoms with Gasteiger partial charge in [-0.2, -0.15) is 0 Å². The highest BCUT2D eigenvalue weighted by molar-refractivity contribution is 9.10. The van der Waals surface area contributed by atoms with E-state index in [0.29, 0.717) is 5.78 Å². The summed E-state index contributed by atoms with van der Waals surface area (Å²) in [7, 11) is 5.97. The fraction of sp³-hybridized carbons (Fsp3) is 0.462. The van der Waals surface area contributed by atoms with Crippen LogP contribution in [0.1, 0.15) is 18.4 Å². The molecule has 1 aliphatic carbocycles. The maximum Gasteiger partial charge on any atom is 0.183 e. The number of Topliss-reactive ketones (excluding diaryl/α,β-unsaturated/α-hetero) is 1. The number of hydrogen-bond acceptors (Lipinski definition) is 2. The Labute approximate surface area is 111 Å². The Bertz CT molecular complexity index is 472. The summed E-state index contributed by atoms with van der Waals surface area (Å²) in [5.74, 6) is 0.347. The van der Waals surface area contributed by atoms with E-state index in [1.54, 1.807) is 4.81 Å². The van der Waals surface area contributed by atoms with Crippen LogP contribution in [-0.4, -0.2) is 31.2 Å². The van der Waals surface area contributed by atoms with Crippen LogP contribution in [0.25, 0.3) is 0 Å². The zero-order chi connectivity index (χ0) is 12.0. The fourth-order valence-electron chi connectivity index (χ4n) is 2.69. The largest absolute Gasteiger partial charge is 0.344 e. The zero-order valence-corrected chi connectivity index (χ0v) is 11.1. The molecule has 86 valence electrons. The minimum Gasteiger partial charge on any atom is -0.344 e. The fourth-order valence-corrected chi connectivity index (χ4v) is 3.14. The normalized spacial score (nSPS) is 26.6. The summed E-state index contributed by atoms with van der Waals surface area (Å²) < 4.78 is 1.05. The van der Waals surface area contributed by atoms with Crippen molar-refractivity contribution in [3.8, 4) is 0 Å². The average Bonchev–Trinajstić information content (AvgIpc) is 3.01. The number of benzene rings is 1. The third-order valence-electron chi connectivity index (χ3n) is 3.88. The van der Waals surface area contributed by atoms with E-state index < -0.39 is 0 Å². The number of halogens is 1. The van der Waals surface area contributed by atoms with E-state index in [4.69, 9.17) is 7.98 Å². The van der Waals surface area contributed by atoms with Gasteiger partial charge < -0.3 is 4.81 Å². The number of ketones is 1. The molecular formula is C13H13BBrNO. The highest BCUT2D eigenvalue weighted by Gasteiger charge is 2.57. The first kappa shape index (κ1) is 11.5. The van der Waals surface area contributed by atoms with Crippen LogP contribution in [0.5, 0.6) is 0 Å². The maximum atomic E-state index is 12.3.